The first-order chi connectivity index (χ1) is 30.3. The molecule has 0 aliphatic carbocycles. The predicted molar refractivity (Wildman–Crippen MR) is 265 cm³/mol. The normalized spacial score (nSPS) is 15.0. The average molecular weight is 793 g/mol. The molecule has 2 nitrogen and oxygen atoms in total. The third-order valence-corrected chi connectivity index (χ3v) is 14.5. The van der Waals surface area contributed by atoms with Crippen LogP contribution in [-0.4, -0.2) is 0 Å². The summed E-state index contributed by atoms with van der Waals surface area (Å²) in [4.78, 5) is 4.95. The van der Waals surface area contributed by atoms with Crippen molar-refractivity contribution in [3.63, 3.8) is 0 Å². The van der Waals surface area contributed by atoms with Gasteiger partial charge in [-0.05, 0) is 148 Å². The quantitative estimate of drug-likeness (QED) is 0.127. The maximum Gasteiger partial charge on any atom is 0.0502 e. The van der Waals surface area contributed by atoms with Gasteiger partial charge in [0.1, 0.15) is 0 Å². The molecular weight excluding hydrogens is 749 g/mol. The largest absolute Gasteiger partial charge is 0.310 e. The van der Waals surface area contributed by atoms with Crippen molar-refractivity contribution in [1.29, 1.82) is 0 Å². The Morgan fingerprint density at radius 2 is 0.484 bits per heavy atom. The van der Waals surface area contributed by atoms with Crippen molar-refractivity contribution in [3.8, 4) is 0 Å². The highest BCUT2D eigenvalue weighted by molar-refractivity contribution is 6.33. The zero-order valence-electron chi connectivity index (χ0n) is 35.4. The van der Waals surface area contributed by atoms with Gasteiger partial charge in [0.2, 0.25) is 0 Å². The van der Waals surface area contributed by atoms with Gasteiger partial charge in [-0.1, -0.05) is 161 Å². The zero-order valence-corrected chi connectivity index (χ0v) is 35.4. The molecule has 0 saturated heterocycles. The Morgan fingerprint density at radius 1 is 0.242 bits per heavy atom. The maximum absolute atomic E-state index is 2.49. The van der Waals surface area contributed by atoms with E-state index in [0.29, 0.717) is 0 Å². The summed E-state index contributed by atoms with van der Waals surface area (Å²) in [5.41, 5.74) is 12.5. The van der Waals surface area contributed by atoms with Gasteiger partial charge in [0.25, 0.3) is 0 Å². The monoisotopic (exact) mass is 792 g/mol. The summed E-state index contributed by atoms with van der Waals surface area (Å²) < 4.78 is 0. The number of nitrogens with zero attached hydrogens (tertiary/aromatic N) is 2. The van der Waals surface area contributed by atoms with Crippen molar-refractivity contribution in [2.24, 2.45) is 0 Å². The first-order valence-corrected chi connectivity index (χ1v) is 21.9. The van der Waals surface area contributed by atoms with Crippen molar-refractivity contribution in [2.45, 2.75) is 38.5 Å². The molecule has 2 heteroatoms. The number of rotatable bonds is 2. The Kier molecular flexibility index (Phi) is 7.16. The standard InChI is InChI=1S/C60H44N2/c1-59(2)51-21-9-13-25-55(51)61(56-26-14-10-22-52(56)59)37-29-31-43-45(33-37)39-17-5-7-19-41(39)47-36-50-44-32-30-38(34-46(44)40-18-6-8-20-42(40)48(50)35-49(43)47)62-57-27-15-11-23-53(57)60(3,4)54-24-12-16-28-58(54)62/h5-36H,1-4H3. The van der Waals surface area contributed by atoms with Gasteiger partial charge in [-0.2, -0.15) is 0 Å². The molecule has 0 unspecified atom stereocenters. The van der Waals surface area contributed by atoms with Crippen molar-refractivity contribution in [1.82, 2.24) is 0 Å². The second kappa shape index (κ2) is 12.6. The van der Waals surface area contributed by atoms with E-state index in [9.17, 15) is 0 Å². The molecule has 0 aromatic heterocycles. The van der Waals surface area contributed by atoms with E-state index in [4.69, 9.17) is 0 Å². The summed E-state index contributed by atoms with van der Waals surface area (Å²) in [6.07, 6.45) is 0. The molecule has 62 heavy (non-hydrogen) atoms. The van der Waals surface area contributed by atoms with Crippen LogP contribution in [0.1, 0.15) is 49.9 Å². The molecule has 0 amide bonds. The van der Waals surface area contributed by atoms with Crippen LogP contribution in [0, 0.1) is 0 Å². The molecule has 2 heterocycles. The van der Waals surface area contributed by atoms with E-state index >= 15 is 0 Å². The molecule has 0 bridgehead atoms. The van der Waals surface area contributed by atoms with Crippen molar-refractivity contribution in [2.75, 3.05) is 9.80 Å². The van der Waals surface area contributed by atoms with Gasteiger partial charge in [-0.3, -0.25) is 0 Å². The van der Waals surface area contributed by atoms with Crippen LogP contribution in [0.3, 0.4) is 0 Å². The molecule has 0 radical (unpaired) electrons. The number of benzene rings is 11. The van der Waals surface area contributed by atoms with Crippen LogP contribution in [0.2, 0.25) is 0 Å². The van der Waals surface area contributed by atoms with Gasteiger partial charge in [0.05, 0.1) is 22.7 Å². The van der Waals surface area contributed by atoms with Crippen LogP contribution in [0.5, 0.6) is 0 Å². The van der Waals surface area contributed by atoms with Crippen LogP contribution in [0.4, 0.5) is 34.1 Å². The second-order valence-corrected chi connectivity index (χ2v) is 18.5. The van der Waals surface area contributed by atoms with Gasteiger partial charge in [0, 0.05) is 22.2 Å². The molecule has 2 aliphatic rings. The third kappa shape index (κ3) is 4.70. The lowest BCUT2D eigenvalue weighted by Gasteiger charge is -2.42. The molecule has 0 fully saturated rings. The van der Waals surface area contributed by atoms with E-state index in [1.807, 2.05) is 0 Å². The minimum Gasteiger partial charge on any atom is -0.310 e. The summed E-state index contributed by atoms with van der Waals surface area (Å²) >= 11 is 0. The predicted octanol–water partition coefficient (Wildman–Crippen LogP) is 16.8. The lowest BCUT2D eigenvalue weighted by molar-refractivity contribution is 0.632. The number of hydrogen-bond donors (Lipinski definition) is 0. The SMILES string of the molecule is CC1(C)c2ccccc2N(c2ccc3c(c2)c2ccccc2c2cc4c5ccc(N6c7ccccc7C(C)(C)c7ccccc76)cc5c5ccccc5c4cc32)c2ccccc21. The number of para-hydroxylation sites is 4. The first kappa shape index (κ1) is 35.3. The molecule has 294 valence electrons. The second-order valence-electron chi connectivity index (χ2n) is 18.5. The maximum atomic E-state index is 2.49. The summed E-state index contributed by atoms with van der Waals surface area (Å²) in [5, 5.41) is 15.3. The fourth-order valence-corrected chi connectivity index (χ4v) is 11.5. The summed E-state index contributed by atoms with van der Waals surface area (Å²) in [5.74, 6) is 0. The molecule has 0 N–H and O–H groups in total. The van der Waals surface area contributed by atoms with Crippen LogP contribution in [0.25, 0.3) is 64.6 Å². The van der Waals surface area contributed by atoms with E-state index in [2.05, 4.69) is 232 Å². The smallest absolute Gasteiger partial charge is 0.0502 e. The van der Waals surface area contributed by atoms with E-state index in [1.165, 1.54) is 121 Å². The summed E-state index contributed by atoms with van der Waals surface area (Å²) in [7, 11) is 0. The zero-order chi connectivity index (χ0) is 41.5. The Balaban J connectivity index is 1.06. The van der Waals surface area contributed by atoms with Crippen LogP contribution in [-0.2, 0) is 10.8 Å². The highest BCUT2D eigenvalue weighted by Crippen LogP contribution is 2.54. The Morgan fingerprint density at radius 3 is 0.790 bits per heavy atom. The fraction of sp³-hybridized carbons (Fsp3) is 0.100. The van der Waals surface area contributed by atoms with Crippen LogP contribution >= 0.6 is 0 Å². The van der Waals surface area contributed by atoms with Gasteiger partial charge in [-0.25, -0.2) is 0 Å². The van der Waals surface area contributed by atoms with Gasteiger partial charge >= 0.3 is 0 Å². The summed E-state index contributed by atoms with van der Waals surface area (Å²) in [6, 6.07) is 73.0. The Hall–Kier alpha value is -7.42. The van der Waals surface area contributed by atoms with E-state index in [0.717, 1.165) is 0 Å². The van der Waals surface area contributed by atoms with E-state index in [-0.39, 0.29) is 10.8 Å². The first-order valence-electron chi connectivity index (χ1n) is 21.9. The molecule has 0 spiro atoms. The molecule has 13 rings (SSSR count). The van der Waals surface area contributed by atoms with Crippen LogP contribution in [0.15, 0.2) is 194 Å². The molecule has 0 atom stereocenters. The number of fused-ring (bicyclic) bond motifs is 16. The van der Waals surface area contributed by atoms with Crippen molar-refractivity contribution >= 4 is 98.8 Å². The van der Waals surface area contributed by atoms with Gasteiger partial charge in [0.15, 0.2) is 0 Å². The fourth-order valence-electron chi connectivity index (χ4n) is 11.5. The lowest BCUT2D eigenvalue weighted by Crippen LogP contribution is -2.30. The number of hydrogen-bond acceptors (Lipinski definition) is 2. The minimum absolute atomic E-state index is 0.111. The summed E-state index contributed by atoms with van der Waals surface area (Å²) in [6.45, 7) is 9.41. The van der Waals surface area contributed by atoms with E-state index in [1.54, 1.807) is 0 Å². The van der Waals surface area contributed by atoms with Gasteiger partial charge in [-0.15, -0.1) is 0 Å². The van der Waals surface area contributed by atoms with Crippen LogP contribution < -0.4 is 9.80 Å². The highest BCUT2D eigenvalue weighted by Gasteiger charge is 2.38. The Labute approximate surface area is 361 Å². The highest BCUT2D eigenvalue weighted by atomic mass is 15.2. The molecule has 11 aromatic rings. The minimum atomic E-state index is -0.111. The van der Waals surface area contributed by atoms with Crippen molar-refractivity contribution < 1.29 is 0 Å². The molecule has 0 saturated carbocycles. The lowest BCUT2D eigenvalue weighted by atomic mass is 9.73. The molecular formula is C60H44N2. The molecule has 11 aromatic carbocycles. The molecule has 2 aliphatic heterocycles. The Bertz CT molecular complexity index is 3380. The topological polar surface area (TPSA) is 6.48 Å². The van der Waals surface area contributed by atoms with Crippen molar-refractivity contribution in [3.05, 3.63) is 216 Å². The third-order valence-electron chi connectivity index (χ3n) is 14.5. The van der Waals surface area contributed by atoms with E-state index < -0.39 is 0 Å². The average Bonchev–Trinajstić information content (AvgIpc) is 3.31. The van der Waals surface area contributed by atoms with Gasteiger partial charge < -0.3 is 9.80 Å². The number of anilines is 6.